The molecule has 4 rings (SSSR count). The number of hydrogen-bond acceptors (Lipinski definition) is 3. The van der Waals surface area contributed by atoms with E-state index in [0.717, 1.165) is 70.5 Å². The van der Waals surface area contributed by atoms with Gasteiger partial charge in [-0.15, -0.1) is 12.4 Å². The maximum absolute atomic E-state index is 13.6. The van der Waals surface area contributed by atoms with Gasteiger partial charge in [0, 0.05) is 19.6 Å². The van der Waals surface area contributed by atoms with Crippen molar-refractivity contribution in [3.63, 3.8) is 0 Å². The zero-order valence-corrected chi connectivity index (χ0v) is 16.6. The highest BCUT2D eigenvalue weighted by Crippen LogP contribution is 2.45. The second-order valence-corrected chi connectivity index (χ2v) is 8.24. The van der Waals surface area contributed by atoms with E-state index in [1.54, 1.807) is 7.11 Å². The lowest BCUT2D eigenvalue weighted by Crippen LogP contribution is -2.50. The summed E-state index contributed by atoms with van der Waals surface area (Å²) < 4.78 is 5.29. The second kappa shape index (κ2) is 7.77. The van der Waals surface area contributed by atoms with Gasteiger partial charge < -0.3 is 15.0 Å². The molecule has 144 valence electrons. The molecule has 0 unspecified atom stereocenters. The quantitative estimate of drug-likeness (QED) is 0.874. The number of likely N-dealkylation sites (tertiary alicyclic amines) is 1. The van der Waals surface area contributed by atoms with E-state index >= 15 is 0 Å². The number of methoxy groups -OCH3 is 1. The number of hydrogen-bond donors (Lipinski definition) is 1. The number of rotatable bonds is 3. The highest BCUT2D eigenvalue weighted by atomic mass is 35.5. The van der Waals surface area contributed by atoms with Crippen molar-refractivity contribution in [2.24, 2.45) is 5.41 Å². The van der Waals surface area contributed by atoms with Gasteiger partial charge in [0.15, 0.2) is 0 Å². The lowest BCUT2D eigenvalue weighted by atomic mass is 9.74. The number of nitrogens with one attached hydrogen (secondary N) is 1. The van der Waals surface area contributed by atoms with E-state index in [1.807, 2.05) is 12.1 Å². The maximum Gasteiger partial charge on any atom is 0.233 e. The number of halogens is 1. The molecule has 1 saturated carbocycles. The van der Waals surface area contributed by atoms with Crippen LogP contribution in [0.5, 0.6) is 5.75 Å². The zero-order valence-electron chi connectivity index (χ0n) is 15.8. The average molecular weight is 379 g/mol. The molecule has 1 aromatic rings. The highest BCUT2D eigenvalue weighted by molar-refractivity contribution is 5.88. The molecule has 26 heavy (non-hydrogen) atoms. The van der Waals surface area contributed by atoms with Gasteiger partial charge in [-0.2, -0.15) is 0 Å². The molecule has 1 N–H and O–H groups in total. The molecule has 1 amide bonds. The highest BCUT2D eigenvalue weighted by Gasteiger charge is 2.47. The fourth-order valence-corrected chi connectivity index (χ4v) is 5.22. The van der Waals surface area contributed by atoms with Crippen molar-refractivity contribution in [3.8, 4) is 5.75 Å². The van der Waals surface area contributed by atoms with E-state index in [-0.39, 0.29) is 17.8 Å². The van der Waals surface area contributed by atoms with Crippen molar-refractivity contribution < 1.29 is 9.53 Å². The SMILES string of the molecule is COc1ccc(C2(C(=O)N3CCC4(CCNC4)CC3)CCCC2)cc1.Cl. The minimum atomic E-state index is -0.301. The smallest absolute Gasteiger partial charge is 0.233 e. The first-order valence-electron chi connectivity index (χ1n) is 9.82. The van der Waals surface area contributed by atoms with Crippen LogP contribution < -0.4 is 10.1 Å². The van der Waals surface area contributed by atoms with Crippen LogP contribution in [0.4, 0.5) is 0 Å². The Kier molecular flexibility index (Phi) is 5.83. The molecule has 0 radical (unpaired) electrons. The molecule has 4 nitrogen and oxygen atoms in total. The first kappa shape index (κ1) is 19.5. The summed E-state index contributed by atoms with van der Waals surface area (Å²) in [6.07, 6.45) is 7.87. The summed E-state index contributed by atoms with van der Waals surface area (Å²) >= 11 is 0. The van der Waals surface area contributed by atoms with Crippen LogP contribution in [0.15, 0.2) is 24.3 Å². The molecule has 2 saturated heterocycles. The van der Waals surface area contributed by atoms with Gasteiger partial charge in [-0.25, -0.2) is 0 Å². The predicted octanol–water partition coefficient (Wildman–Crippen LogP) is 3.53. The fraction of sp³-hybridized carbons (Fsp3) is 0.667. The Labute approximate surface area is 163 Å². The van der Waals surface area contributed by atoms with E-state index in [1.165, 1.54) is 12.0 Å². The largest absolute Gasteiger partial charge is 0.497 e. The van der Waals surface area contributed by atoms with Crippen molar-refractivity contribution >= 4 is 18.3 Å². The summed E-state index contributed by atoms with van der Waals surface area (Å²) in [5.41, 5.74) is 1.34. The standard InChI is InChI=1S/C21H30N2O2.ClH/c1-25-18-6-4-17(5-7-18)21(8-2-3-9-21)19(24)23-14-11-20(12-15-23)10-13-22-16-20;/h4-7,22H,2-3,8-16H2,1H3;1H. The Morgan fingerprint density at radius 2 is 1.69 bits per heavy atom. The Morgan fingerprint density at radius 1 is 1.04 bits per heavy atom. The molecule has 3 aliphatic rings. The summed E-state index contributed by atoms with van der Waals surface area (Å²) in [6, 6.07) is 8.21. The molecule has 0 bridgehead atoms. The van der Waals surface area contributed by atoms with Crippen molar-refractivity contribution in [1.29, 1.82) is 0 Å². The van der Waals surface area contributed by atoms with Gasteiger partial charge in [-0.05, 0) is 61.8 Å². The minimum absolute atomic E-state index is 0. The Hall–Kier alpha value is -1.26. The van der Waals surface area contributed by atoms with Crippen LogP contribution in [0, 0.1) is 5.41 Å². The van der Waals surface area contributed by atoms with E-state index in [9.17, 15) is 4.79 Å². The normalized spacial score (nSPS) is 23.7. The van der Waals surface area contributed by atoms with Crippen LogP contribution in [-0.2, 0) is 10.2 Å². The molecule has 2 aliphatic heterocycles. The van der Waals surface area contributed by atoms with Crippen LogP contribution >= 0.6 is 12.4 Å². The number of benzene rings is 1. The summed E-state index contributed by atoms with van der Waals surface area (Å²) in [5.74, 6) is 1.23. The third-order valence-corrected chi connectivity index (χ3v) is 6.95. The molecular weight excluding hydrogens is 348 g/mol. The molecule has 2 heterocycles. The lowest BCUT2D eigenvalue weighted by molar-refractivity contribution is -0.139. The molecular formula is C21H31ClN2O2. The van der Waals surface area contributed by atoms with Crippen molar-refractivity contribution in [1.82, 2.24) is 10.2 Å². The lowest BCUT2D eigenvalue weighted by Gasteiger charge is -2.42. The van der Waals surface area contributed by atoms with Crippen molar-refractivity contribution in [3.05, 3.63) is 29.8 Å². The molecule has 3 fully saturated rings. The third-order valence-electron chi connectivity index (χ3n) is 6.95. The van der Waals surface area contributed by atoms with Gasteiger partial charge in [0.05, 0.1) is 12.5 Å². The summed E-state index contributed by atoms with van der Waals surface area (Å²) in [7, 11) is 1.69. The zero-order chi connectivity index (χ0) is 17.3. The monoisotopic (exact) mass is 378 g/mol. The number of amides is 1. The molecule has 0 aromatic heterocycles. The average Bonchev–Trinajstić information content (AvgIpc) is 3.33. The van der Waals surface area contributed by atoms with E-state index in [4.69, 9.17) is 4.74 Å². The molecule has 1 aromatic carbocycles. The topological polar surface area (TPSA) is 41.6 Å². The number of ether oxygens (including phenoxy) is 1. The van der Waals surface area contributed by atoms with Crippen LogP contribution in [0.1, 0.15) is 50.5 Å². The molecule has 1 aliphatic carbocycles. The minimum Gasteiger partial charge on any atom is -0.497 e. The van der Waals surface area contributed by atoms with Gasteiger partial charge in [0.1, 0.15) is 5.75 Å². The Bertz CT molecular complexity index is 609. The van der Waals surface area contributed by atoms with Crippen LogP contribution in [0.25, 0.3) is 0 Å². The first-order chi connectivity index (χ1) is 12.2. The maximum atomic E-state index is 13.6. The van der Waals surface area contributed by atoms with Crippen LogP contribution in [0.3, 0.4) is 0 Å². The Balaban J connectivity index is 0.00000196. The van der Waals surface area contributed by atoms with E-state index < -0.39 is 0 Å². The van der Waals surface area contributed by atoms with Gasteiger partial charge in [0.2, 0.25) is 5.91 Å². The van der Waals surface area contributed by atoms with Gasteiger partial charge >= 0.3 is 0 Å². The fourth-order valence-electron chi connectivity index (χ4n) is 5.22. The number of piperidine rings is 1. The van der Waals surface area contributed by atoms with Crippen molar-refractivity contribution in [2.75, 3.05) is 33.3 Å². The van der Waals surface area contributed by atoms with Crippen molar-refractivity contribution in [2.45, 2.75) is 50.4 Å². The van der Waals surface area contributed by atoms with Gasteiger partial charge in [-0.1, -0.05) is 25.0 Å². The molecule has 1 spiro atoms. The van der Waals surface area contributed by atoms with Crippen LogP contribution in [-0.4, -0.2) is 44.1 Å². The van der Waals surface area contributed by atoms with Gasteiger partial charge in [0.25, 0.3) is 0 Å². The third kappa shape index (κ3) is 3.34. The number of carbonyl (C=O) groups excluding carboxylic acids is 1. The number of carbonyl (C=O) groups is 1. The predicted molar refractivity (Wildman–Crippen MR) is 106 cm³/mol. The summed E-state index contributed by atoms with van der Waals surface area (Å²) in [5, 5.41) is 3.51. The summed E-state index contributed by atoms with van der Waals surface area (Å²) in [4.78, 5) is 15.7. The number of nitrogens with zero attached hydrogens (tertiary/aromatic N) is 1. The Morgan fingerprint density at radius 3 is 2.23 bits per heavy atom. The second-order valence-electron chi connectivity index (χ2n) is 8.24. The summed E-state index contributed by atoms with van der Waals surface area (Å²) in [6.45, 7) is 4.14. The molecule has 5 heteroatoms. The van der Waals surface area contributed by atoms with E-state index in [2.05, 4.69) is 22.3 Å². The first-order valence-corrected chi connectivity index (χ1v) is 9.82. The molecule has 0 atom stereocenters. The van der Waals surface area contributed by atoms with E-state index in [0.29, 0.717) is 11.3 Å². The van der Waals surface area contributed by atoms with Crippen LogP contribution in [0.2, 0.25) is 0 Å². The van der Waals surface area contributed by atoms with Gasteiger partial charge in [-0.3, -0.25) is 4.79 Å².